The van der Waals surface area contributed by atoms with Crippen LogP contribution >= 0.6 is 0 Å². The Morgan fingerprint density at radius 3 is 1.05 bits per heavy atom. The molecule has 2 unspecified atom stereocenters. The summed E-state index contributed by atoms with van der Waals surface area (Å²) in [6, 6.07) is 19.5. The number of halogens is 15. The molecule has 2 atom stereocenters. The molecule has 0 saturated heterocycles. The zero-order valence-corrected chi connectivity index (χ0v) is 28.2. The summed E-state index contributed by atoms with van der Waals surface area (Å²) >= 11 is 0. The van der Waals surface area contributed by atoms with Gasteiger partial charge in [-0.2, -0.15) is 17.6 Å². The van der Waals surface area contributed by atoms with E-state index in [2.05, 4.69) is 0 Å². The summed E-state index contributed by atoms with van der Waals surface area (Å²) in [6.07, 6.45) is -4.29. The third kappa shape index (κ3) is 6.20. The molecule has 5 aromatic rings. The Balaban J connectivity index is 1.79. The van der Waals surface area contributed by atoms with Gasteiger partial charge in [0.25, 0.3) is 8.32 Å². The van der Waals surface area contributed by atoms with Gasteiger partial charge >= 0.3 is 7.12 Å². The Bertz CT molecular complexity index is 2160. The first-order chi connectivity index (χ1) is 26.5. The molecule has 0 fully saturated rings. The lowest BCUT2D eigenvalue weighted by Gasteiger charge is -2.45. The summed E-state index contributed by atoms with van der Waals surface area (Å²) in [5.41, 5.74) is -4.75. The van der Waals surface area contributed by atoms with Crippen LogP contribution in [0.25, 0.3) is 0 Å². The summed E-state index contributed by atoms with van der Waals surface area (Å²) in [5, 5.41) is -0.420. The van der Waals surface area contributed by atoms with E-state index in [1.54, 1.807) is 0 Å². The summed E-state index contributed by atoms with van der Waals surface area (Å²) in [6.45, 7) is 0. The van der Waals surface area contributed by atoms with E-state index in [0.717, 1.165) is 0 Å². The lowest BCUT2D eigenvalue weighted by molar-refractivity contribution is 0.0359. The van der Waals surface area contributed by atoms with E-state index in [9.17, 15) is 30.7 Å². The van der Waals surface area contributed by atoms with Gasteiger partial charge in [0.2, 0.25) is 63.7 Å². The van der Waals surface area contributed by atoms with Gasteiger partial charge in [-0.3, -0.25) is 0 Å². The van der Waals surface area contributed by atoms with Gasteiger partial charge in [-0.1, -0.05) is 91.0 Å². The monoisotopic (exact) mass is 820 g/mol. The normalized spacial score (nSPS) is 17.4. The number of alkyl halides is 1. The van der Waals surface area contributed by atoms with Crippen LogP contribution in [0.5, 0.6) is 11.5 Å². The van der Waals surface area contributed by atoms with Gasteiger partial charge in [0.1, 0.15) is 0 Å². The lowest BCUT2D eigenvalue weighted by atomic mass is 9.61. The maximum Gasteiger partial charge on any atom is 0.639 e. The van der Waals surface area contributed by atoms with E-state index in [0.29, 0.717) is 0 Å². The number of hydrogen-bond acceptors (Lipinski definition) is 3. The molecule has 1 aliphatic rings. The molecule has 3 nitrogen and oxygen atoms in total. The molecule has 0 radical (unpaired) electrons. The van der Waals surface area contributed by atoms with Gasteiger partial charge in [0.15, 0.2) is 41.0 Å². The highest BCUT2D eigenvalue weighted by Crippen LogP contribution is 2.48. The molecule has 0 aliphatic heterocycles. The predicted octanol–water partition coefficient (Wildman–Crippen LogP) is 8.64. The van der Waals surface area contributed by atoms with Crippen molar-refractivity contribution in [2.45, 2.75) is 11.7 Å². The van der Waals surface area contributed by atoms with E-state index in [-0.39, 0.29) is 15.6 Å². The zero-order chi connectivity index (χ0) is 40.9. The van der Waals surface area contributed by atoms with Crippen molar-refractivity contribution in [3.05, 3.63) is 172 Å². The molecule has 0 heterocycles. The molecule has 56 heavy (non-hydrogen) atoms. The highest BCUT2D eigenvalue weighted by Gasteiger charge is 2.70. The third-order valence-electron chi connectivity index (χ3n) is 8.54. The first kappa shape index (κ1) is 40.0. The third-order valence-corrected chi connectivity index (χ3v) is 12.6. The second-order valence-electron chi connectivity index (χ2n) is 11.7. The topological polar surface area (TPSA) is 27.7 Å². The number of allylic oxidation sites excluding steroid dienone is 2. The second kappa shape index (κ2) is 15.1. The van der Waals surface area contributed by atoms with Crippen molar-refractivity contribution >= 4 is 31.0 Å². The Morgan fingerprint density at radius 2 is 0.732 bits per heavy atom. The molecular formula is C36H16BF15O3Si. The highest BCUT2D eigenvalue weighted by molar-refractivity contribution is 7.07. The van der Waals surface area contributed by atoms with Crippen molar-refractivity contribution in [1.29, 1.82) is 0 Å². The number of hydrogen-bond donors (Lipinski definition) is 0. The molecule has 0 saturated carbocycles. The molecule has 20 heteroatoms. The lowest BCUT2D eigenvalue weighted by Crippen LogP contribution is -2.77. The van der Waals surface area contributed by atoms with Gasteiger partial charge in [0.05, 0.1) is 0 Å². The van der Waals surface area contributed by atoms with Crippen molar-refractivity contribution < 1.29 is 79.6 Å². The fraction of sp³-hybridized carbons (Fsp3) is 0.0556. The van der Waals surface area contributed by atoms with E-state index in [1.165, 1.54) is 91.0 Å². The maximum absolute atomic E-state index is 17.0. The van der Waals surface area contributed by atoms with Crippen LogP contribution in [0.1, 0.15) is 0 Å². The number of benzene rings is 5. The maximum atomic E-state index is 17.0. The minimum atomic E-state index is -5.11. The minimum Gasteiger partial charge on any atom is -0.519 e. The first-order valence-electron chi connectivity index (χ1n) is 15.5. The van der Waals surface area contributed by atoms with Gasteiger partial charge in [-0.15, -0.1) is 0 Å². The SMILES string of the molecule is FC1=C(F)C(F)C(O[Si](c2ccccc2)(c2ccccc2)c2ccccc2)(B(Oc2c(F)c(F)c(F)c(F)c2F)Oc2c(F)c(F)c(F)c(F)c2F)C(F)=C1F. The average molecular weight is 820 g/mol. The predicted molar refractivity (Wildman–Crippen MR) is 171 cm³/mol. The first-order valence-corrected chi connectivity index (χ1v) is 17.4. The summed E-state index contributed by atoms with van der Waals surface area (Å²) in [7, 11) is -9.25. The molecule has 290 valence electrons. The van der Waals surface area contributed by atoms with Crippen molar-refractivity contribution in [3.63, 3.8) is 0 Å². The van der Waals surface area contributed by atoms with Crippen LogP contribution in [0.15, 0.2) is 114 Å². The van der Waals surface area contributed by atoms with E-state index in [4.69, 9.17) is 13.7 Å². The standard InChI is InChI=1S/C36H16BF15O3Si/c38-19-21(40)26(45)32(27(46)22(19)41)53-37(54-33-28(47)23(42)20(39)24(43)29(33)48)36(34(51)30(49)25(44)31(50)35(36)52)55-56(16-10-4-1-5-11-16,17-12-6-2-7-13-17)18-14-8-3-9-15-18/h1-15,34H. The summed E-state index contributed by atoms with van der Waals surface area (Å²) in [5.74, 6) is -46.4. The fourth-order valence-corrected chi connectivity index (χ4v) is 10.0. The molecule has 0 bridgehead atoms. The van der Waals surface area contributed by atoms with Crippen LogP contribution in [0.4, 0.5) is 65.9 Å². The van der Waals surface area contributed by atoms with Crippen molar-refractivity contribution in [1.82, 2.24) is 0 Å². The highest BCUT2D eigenvalue weighted by atomic mass is 28.4. The zero-order valence-electron chi connectivity index (χ0n) is 27.2. The quantitative estimate of drug-likeness (QED) is 0.0465. The van der Waals surface area contributed by atoms with E-state index < -0.39 is 120 Å². The molecule has 0 spiro atoms. The largest absolute Gasteiger partial charge is 0.639 e. The fourth-order valence-electron chi connectivity index (χ4n) is 5.89. The molecule has 0 N–H and O–H groups in total. The molecule has 6 rings (SSSR count). The van der Waals surface area contributed by atoms with Gasteiger partial charge in [0, 0.05) is 0 Å². The van der Waals surface area contributed by atoms with Gasteiger partial charge in [-0.25, -0.2) is 48.3 Å². The molecule has 1 aliphatic carbocycles. The molecular weight excluding hydrogens is 804 g/mol. The summed E-state index contributed by atoms with van der Waals surface area (Å²) in [4.78, 5) is 0. The smallest absolute Gasteiger partial charge is 0.519 e. The molecule has 0 aromatic heterocycles. The van der Waals surface area contributed by atoms with E-state index in [1.807, 2.05) is 0 Å². The minimum absolute atomic E-state index is 0.140. The molecule has 0 amide bonds. The van der Waals surface area contributed by atoms with Crippen molar-refractivity contribution in [3.8, 4) is 11.5 Å². The Hall–Kier alpha value is -5.63. The van der Waals surface area contributed by atoms with Crippen LogP contribution in [0.3, 0.4) is 0 Å². The average Bonchev–Trinajstić information content (AvgIpc) is 3.23. The van der Waals surface area contributed by atoms with Crippen molar-refractivity contribution in [2.75, 3.05) is 0 Å². The Labute approximate surface area is 306 Å². The summed E-state index contributed by atoms with van der Waals surface area (Å²) < 4.78 is 242. The van der Waals surface area contributed by atoms with E-state index >= 15 is 35.1 Å². The van der Waals surface area contributed by atoms with Crippen molar-refractivity contribution in [2.24, 2.45) is 0 Å². The van der Waals surface area contributed by atoms with Crippen LogP contribution in [-0.2, 0) is 4.43 Å². The van der Waals surface area contributed by atoms with Crippen LogP contribution in [-0.4, -0.2) is 27.1 Å². The Kier molecular flexibility index (Phi) is 10.8. The van der Waals surface area contributed by atoms with Crippen LogP contribution in [0, 0.1) is 58.2 Å². The number of rotatable bonds is 10. The van der Waals surface area contributed by atoms with Gasteiger partial charge < -0.3 is 13.7 Å². The van der Waals surface area contributed by atoms with Crippen LogP contribution < -0.4 is 24.9 Å². The van der Waals surface area contributed by atoms with Gasteiger partial charge in [-0.05, 0) is 15.6 Å². The molecule has 5 aromatic carbocycles. The second-order valence-corrected chi connectivity index (χ2v) is 15.0. The van der Waals surface area contributed by atoms with Crippen LogP contribution in [0.2, 0.25) is 0 Å². The Morgan fingerprint density at radius 1 is 0.429 bits per heavy atom.